The smallest absolute Gasteiger partial charge is 0.112 e. The van der Waals surface area contributed by atoms with Gasteiger partial charge in [0.15, 0.2) is 0 Å². The Hall–Kier alpha value is -1.13. The summed E-state index contributed by atoms with van der Waals surface area (Å²) in [6, 6.07) is 5.91. The Labute approximate surface area is 81.9 Å². The van der Waals surface area contributed by atoms with Crippen molar-refractivity contribution in [1.82, 2.24) is 15.4 Å². The molecule has 0 bridgehead atoms. The number of H-pyrrole nitrogens is 1. The number of nitrogens with one attached hydrogen (secondary N) is 1. The zero-order chi connectivity index (χ0) is 8.55. The number of halogens is 1. The average Bonchev–Trinajstić information content (AvgIpc) is 2.49. The van der Waals surface area contributed by atoms with E-state index in [-0.39, 0.29) is 18.4 Å². The lowest BCUT2D eigenvalue weighted by molar-refractivity contribution is 0.819. The largest absolute Gasteiger partial charge is 0.324 e. The van der Waals surface area contributed by atoms with Crippen LogP contribution in [-0.4, -0.2) is 15.4 Å². The van der Waals surface area contributed by atoms with Crippen LogP contribution in [0.15, 0.2) is 18.2 Å². The quantitative estimate of drug-likeness (QED) is 0.728. The van der Waals surface area contributed by atoms with E-state index in [1.54, 1.807) is 0 Å². The third kappa shape index (κ3) is 1.79. The summed E-state index contributed by atoms with van der Waals surface area (Å²) in [6.45, 7) is 1.95. The Bertz CT molecular complexity index is 396. The molecule has 0 radical (unpaired) electrons. The van der Waals surface area contributed by atoms with Gasteiger partial charge in [-0.15, -0.1) is 17.5 Å². The minimum absolute atomic E-state index is 0. The third-order valence-electron chi connectivity index (χ3n) is 1.87. The van der Waals surface area contributed by atoms with Crippen LogP contribution in [0.25, 0.3) is 11.0 Å². The van der Waals surface area contributed by atoms with Crippen LogP contribution < -0.4 is 5.73 Å². The van der Waals surface area contributed by atoms with E-state index in [2.05, 4.69) is 15.4 Å². The molecule has 0 spiro atoms. The van der Waals surface area contributed by atoms with Gasteiger partial charge in [-0.2, -0.15) is 0 Å². The fourth-order valence-corrected chi connectivity index (χ4v) is 1.15. The van der Waals surface area contributed by atoms with Crippen molar-refractivity contribution in [2.75, 3.05) is 0 Å². The zero-order valence-electron chi connectivity index (χ0n) is 7.19. The molecule has 1 heterocycles. The van der Waals surface area contributed by atoms with Gasteiger partial charge in [0.2, 0.25) is 0 Å². The van der Waals surface area contributed by atoms with Gasteiger partial charge in [0.25, 0.3) is 0 Å². The van der Waals surface area contributed by atoms with Gasteiger partial charge in [-0.1, -0.05) is 11.3 Å². The van der Waals surface area contributed by atoms with Crippen molar-refractivity contribution in [2.45, 2.75) is 13.0 Å². The van der Waals surface area contributed by atoms with E-state index in [9.17, 15) is 0 Å². The zero-order valence-corrected chi connectivity index (χ0v) is 8.01. The Kier molecular flexibility index (Phi) is 2.85. The Morgan fingerprint density at radius 2 is 2.23 bits per heavy atom. The van der Waals surface area contributed by atoms with E-state index >= 15 is 0 Å². The van der Waals surface area contributed by atoms with Gasteiger partial charge in [0.1, 0.15) is 5.52 Å². The molecule has 1 atom stereocenters. The molecule has 4 nitrogen and oxygen atoms in total. The highest BCUT2D eigenvalue weighted by atomic mass is 35.5. The molecule has 2 aromatic rings. The first-order valence-corrected chi connectivity index (χ1v) is 3.83. The van der Waals surface area contributed by atoms with Gasteiger partial charge < -0.3 is 5.73 Å². The van der Waals surface area contributed by atoms with Crippen molar-refractivity contribution >= 4 is 23.4 Å². The van der Waals surface area contributed by atoms with Gasteiger partial charge in [0, 0.05) is 6.04 Å². The van der Waals surface area contributed by atoms with Crippen LogP contribution in [0, 0.1) is 0 Å². The Morgan fingerprint density at radius 3 is 2.92 bits per heavy atom. The second kappa shape index (κ2) is 3.72. The molecule has 1 aromatic carbocycles. The molecule has 3 N–H and O–H groups in total. The topological polar surface area (TPSA) is 67.6 Å². The standard InChI is InChI=1S/C8H10N4.ClH/c1-5(9)6-2-3-7-8(4-6)11-12-10-7;/h2-5H,9H2,1H3,(H,10,11,12);1H/t5-;/m1./s1. The Balaban J connectivity index is 0.000000845. The van der Waals surface area contributed by atoms with Crippen LogP contribution in [-0.2, 0) is 0 Å². The van der Waals surface area contributed by atoms with Crippen LogP contribution in [0.3, 0.4) is 0 Å². The number of rotatable bonds is 1. The highest BCUT2D eigenvalue weighted by Crippen LogP contribution is 2.14. The molecule has 13 heavy (non-hydrogen) atoms. The van der Waals surface area contributed by atoms with Crippen molar-refractivity contribution in [3.05, 3.63) is 23.8 Å². The van der Waals surface area contributed by atoms with Crippen LogP contribution in [0.1, 0.15) is 18.5 Å². The number of hydrogen-bond donors (Lipinski definition) is 2. The first-order valence-electron chi connectivity index (χ1n) is 3.83. The SMILES string of the molecule is C[C@@H](N)c1ccc2nn[nH]c2c1.Cl. The fourth-order valence-electron chi connectivity index (χ4n) is 1.15. The molecular weight excluding hydrogens is 188 g/mol. The molecule has 70 valence electrons. The van der Waals surface area contributed by atoms with E-state index in [1.165, 1.54) is 0 Å². The number of aromatic amines is 1. The molecule has 0 saturated carbocycles. The number of nitrogens with zero attached hydrogens (tertiary/aromatic N) is 2. The van der Waals surface area contributed by atoms with Crippen molar-refractivity contribution in [3.8, 4) is 0 Å². The normalized spacial score (nSPS) is 12.5. The lowest BCUT2D eigenvalue weighted by Gasteiger charge is -2.03. The van der Waals surface area contributed by atoms with E-state index in [1.807, 2.05) is 25.1 Å². The van der Waals surface area contributed by atoms with Gasteiger partial charge in [-0.3, -0.25) is 5.10 Å². The minimum Gasteiger partial charge on any atom is -0.324 e. The average molecular weight is 199 g/mol. The maximum atomic E-state index is 5.72. The van der Waals surface area contributed by atoms with E-state index in [0.29, 0.717) is 0 Å². The summed E-state index contributed by atoms with van der Waals surface area (Å²) >= 11 is 0. The summed E-state index contributed by atoms with van der Waals surface area (Å²) in [6.07, 6.45) is 0. The molecule has 0 unspecified atom stereocenters. The molecule has 0 amide bonds. The number of nitrogens with two attached hydrogens (primary N) is 1. The summed E-state index contributed by atoms with van der Waals surface area (Å²) in [7, 11) is 0. The van der Waals surface area contributed by atoms with E-state index in [0.717, 1.165) is 16.6 Å². The fraction of sp³-hybridized carbons (Fsp3) is 0.250. The van der Waals surface area contributed by atoms with E-state index < -0.39 is 0 Å². The first-order chi connectivity index (χ1) is 5.77. The number of hydrogen-bond acceptors (Lipinski definition) is 3. The summed E-state index contributed by atoms with van der Waals surface area (Å²) in [5.74, 6) is 0. The first kappa shape index (κ1) is 9.95. The second-order valence-electron chi connectivity index (χ2n) is 2.88. The van der Waals surface area contributed by atoms with Crippen molar-refractivity contribution in [3.63, 3.8) is 0 Å². The summed E-state index contributed by atoms with van der Waals surface area (Å²) in [5, 5.41) is 10.4. The Morgan fingerprint density at radius 1 is 1.46 bits per heavy atom. The van der Waals surface area contributed by atoms with Gasteiger partial charge >= 0.3 is 0 Å². The number of benzene rings is 1. The molecule has 2 rings (SSSR count). The summed E-state index contributed by atoms with van der Waals surface area (Å²) in [5.41, 5.74) is 8.62. The monoisotopic (exact) mass is 198 g/mol. The second-order valence-corrected chi connectivity index (χ2v) is 2.88. The van der Waals surface area contributed by atoms with Gasteiger partial charge in [0.05, 0.1) is 5.52 Å². The predicted molar refractivity (Wildman–Crippen MR) is 53.7 cm³/mol. The lowest BCUT2D eigenvalue weighted by Crippen LogP contribution is -2.04. The summed E-state index contributed by atoms with van der Waals surface area (Å²) < 4.78 is 0. The van der Waals surface area contributed by atoms with Crippen molar-refractivity contribution in [1.29, 1.82) is 0 Å². The van der Waals surface area contributed by atoms with Crippen LogP contribution in [0.4, 0.5) is 0 Å². The van der Waals surface area contributed by atoms with Crippen LogP contribution in [0.5, 0.6) is 0 Å². The van der Waals surface area contributed by atoms with Crippen molar-refractivity contribution < 1.29 is 0 Å². The molecule has 0 aliphatic rings. The summed E-state index contributed by atoms with van der Waals surface area (Å²) in [4.78, 5) is 0. The predicted octanol–water partition coefficient (Wildman–Crippen LogP) is 1.40. The molecule has 5 heteroatoms. The molecule has 0 fully saturated rings. The minimum atomic E-state index is 0. The molecule has 0 aliphatic heterocycles. The number of fused-ring (bicyclic) bond motifs is 1. The molecule has 1 aromatic heterocycles. The third-order valence-corrected chi connectivity index (χ3v) is 1.87. The highest BCUT2D eigenvalue weighted by Gasteiger charge is 2.01. The molecule has 0 saturated heterocycles. The highest BCUT2D eigenvalue weighted by molar-refractivity contribution is 5.85. The number of aromatic nitrogens is 3. The van der Waals surface area contributed by atoms with Gasteiger partial charge in [-0.25, -0.2) is 0 Å². The van der Waals surface area contributed by atoms with Gasteiger partial charge in [-0.05, 0) is 24.6 Å². The maximum Gasteiger partial charge on any atom is 0.112 e. The molecule has 0 aliphatic carbocycles. The van der Waals surface area contributed by atoms with E-state index in [4.69, 9.17) is 5.73 Å². The maximum absolute atomic E-state index is 5.72. The van der Waals surface area contributed by atoms with Crippen LogP contribution >= 0.6 is 12.4 Å². The van der Waals surface area contributed by atoms with Crippen LogP contribution in [0.2, 0.25) is 0 Å². The van der Waals surface area contributed by atoms with Crippen molar-refractivity contribution in [2.24, 2.45) is 5.73 Å². The lowest BCUT2D eigenvalue weighted by atomic mass is 10.1. The molecular formula is C8H11ClN4.